The molecule has 2 aromatic carbocycles. The molecule has 0 radical (unpaired) electrons. The average molecular weight is 487 g/mol. The van der Waals surface area contributed by atoms with Gasteiger partial charge in [-0.3, -0.25) is 25.0 Å². The van der Waals surface area contributed by atoms with Gasteiger partial charge in [0.15, 0.2) is 0 Å². The molecule has 0 bridgehead atoms. The van der Waals surface area contributed by atoms with Crippen LogP contribution in [0.15, 0.2) is 36.4 Å². The maximum absolute atomic E-state index is 13.4. The van der Waals surface area contributed by atoms with Gasteiger partial charge < -0.3 is 10.1 Å². The van der Waals surface area contributed by atoms with Crippen LogP contribution >= 0.6 is 11.3 Å². The number of nitrogens with zero attached hydrogens (tertiary/aromatic N) is 2. The van der Waals surface area contributed by atoms with Crippen LogP contribution in [-0.2, 0) is 4.74 Å². The van der Waals surface area contributed by atoms with E-state index in [4.69, 9.17) is 4.74 Å². The Balaban J connectivity index is 2.11. The zero-order valence-corrected chi connectivity index (χ0v) is 19.0. The minimum Gasteiger partial charge on any atom is -0.462 e. The number of rotatable bonds is 7. The van der Waals surface area contributed by atoms with Gasteiger partial charge in [0.05, 0.1) is 22.0 Å². The number of amides is 1. The largest absolute Gasteiger partial charge is 0.462 e. The minimum atomic E-state index is -0.886. The summed E-state index contributed by atoms with van der Waals surface area (Å²) in [6, 6.07) is 7.28. The normalized spacial score (nSPS) is 10.6. The number of hydrogen-bond donors (Lipinski definition) is 1. The summed E-state index contributed by atoms with van der Waals surface area (Å²) in [5.74, 6) is -2.09. The van der Waals surface area contributed by atoms with Gasteiger partial charge in [-0.05, 0) is 38.5 Å². The summed E-state index contributed by atoms with van der Waals surface area (Å²) in [5, 5.41) is 25.3. The molecule has 176 valence electrons. The highest BCUT2D eigenvalue weighted by Crippen LogP contribution is 2.41. The summed E-state index contributed by atoms with van der Waals surface area (Å²) in [6.07, 6.45) is 0. The van der Waals surface area contributed by atoms with Crippen LogP contribution in [-0.4, -0.2) is 28.3 Å². The van der Waals surface area contributed by atoms with Gasteiger partial charge in [0.2, 0.25) is 0 Å². The Morgan fingerprint density at radius 1 is 1.06 bits per heavy atom. The predicted molar refractivity (Wildman–Crippen MR) is 123 cm³/mol. The Morgan fingerprint density at radius 3 is 2.12 bits per heavy atom. The van der Waals surface area contributed by atoms with Gasteiger partial charge in [-0.25, -0.2) is 9.18 Å². The number of nitro groups is 2. The molecule has 0 aliphatic rings. The van der Waals surface area contributed by atoms with Crippen molar-refractivity contribution in [2.24, 2.45) is 0 Å². The lowest BCUT2D eigenvalue weighted by atomic mass is 10.0. The van der Waals surface area contributed by atoms with Crippen LogP contribution in [0.3, 0.4) is 0 Å². The lowest BCUT2D eigenvalue weighted by molar-refractivity contribution is -0.395. The van der Waals surface area contributed by atoms with Crippen molar-refractivity contribution in [2.45, 2.75) is 20.8 Å². The molecule has 34 heavy (non-hydrogen) atoms. The Labute approximate surface area is 196 Å². The number of nitrogens with one attached hydrogen (secondary N) is 1. The van der Waals surface area contributed by atoms with E-state index < -0.39 is 38.9 Å². The average Bonchev–Trinajstić information content (AvgIpc) is 3.09. The number of hydrogen-bond acceptors (Lipinski definition) is 8. The fourth-order valence-corrected chi connectivity index (χ4v) is 4.42. The van der Waals surface area contributed by atoms with Crippen LogP contribution in [0.1, 0.15) is 38.1 Å². The minimum absolute atomic E-state index is 0.0282. The van der Waals surface area contributed by atoms with Crippen LogP contribution in [0.4, 0.5) is 20.8 Å². The van der Waals surface area contributed by atoms with Crippen LogP contribution in [0.5, 0.6) is 0 Å². The van der Waals surface area contributed by atoms with E-state index in [1.165, 1.54) is 31.2 Å². The molecule has 1 aromatic heterocycles. The molecule has 1 heterocycles. The third-order valence-electron chi connectivity index (χ3n) is 4.93. The van der Waals surface area contributed by atoms with E-state index in [0.717, 1.165) is 23.5 Å². The summed E-state index contributed by atoms with van der Waals surface area (Å²) >= 11 is 1.05. The van der Waals surface area contributed by atoms with Gasteiger partial charge in [-0.2, -0.15) is 0 Å². The molecule has 0 atom stereocenters. The summed E-state index contributed by atoms with van der Waals surface area (Å²) in [7, 11) is 0. The maximum atomic E-state index is 13.4. The van der Waals surface area contributed by atoms with Crippen molar-refractivity contribution in [2.75, 3.05) is 11.9 Å². The number of benzene rings is 2. The second-order valence-corrected chi connectivity index (χ2v) is 8.30. The second-order valence-electron chi connectivity index (χ2n) is 7.07. The molecule has 0 spiro atoms. The number of thiophene rings is 1. The molecule has 10 nitrogen and oxygen atoms in total. The highest BCUT2D eigenvalue weighted by atomic mass is 32.1. The molecular formula is C22H18FN3O7S. The Hall–Kier alpha value is -4.19. The molecular weight excluding hydrogens is 469 g/mol. The van der Waals surface area contributed by atoms with Gasteiger partial charge in [0.1, 0.15) is 21.9 Å². The topological polar surface area (TPSA) is 142 Å². The fraction of sp³-hybridized carbons (Fsp3) is 0.182. The van der Waals surface area contributed by atoms with E-state index in [1.807, 2.05) is 0 Å². The quantitative estimate of drug-likeness (QED) is 0.266. The third kappa shape index (κ3) is 4.76. The molecule has 3 aromatic rings. The van der Waals surface area contributed by atoms with Crippen molar-refractivity contribution in [3.8, 4) is 11.1 Å². The maximum Gasteiger partial charge on any atom is 0.341 e. The zero-order valence-electron chi connectivity index (χ0n) is 18.2. The number of carbonyl (C=O) groups excluding carboxylic acids is 2. The molecule has 12 heteroatoms. The van der Waals surface area contributed by atoms with Crippen molar-refractivity contribution >= 4 is 39.6 Å². The van der Waals surface area contributed by atoms with Crippen molar-refractivity contribution in [3.63, 3.8) is 0 Å². The smallest absolute Gasteiger partial charge is 0.341 e. The van der Waals surface area contributed by atoms with Crippen molar-refractivity contribution in [1.29, 1.82) is 0 Å². The van der Waals surface area contributed by atoms with E-state index in [0.29, 0.717) is 16.0 Å². The number of nitro benzene ring substituents is 2. The van der Waals surface area contributed by atoms with Crippen LogP contribution < -0.4 is 5.32 Å². The van der Waals surface area contributed by atoms with Gasteiger partial charge in [-0.15, -0.1) is 11.3 Å². The fourth-order valence-electron chi connectivity index (χ4n) is 3.36. The molecule has 0 saturated carbocycles. The number of esters is 1. The first-order valence-electron chi connectivity index (χ1n) is 9.86. The number of ether oxygens (including phenoxy) is 1. The summed E-state index contributed by atoms with van der Waals surface area (Å²) in [6.45, 7) is 4.58. The number of halogens is 1. The zero-order chi connectivity index (χ0) is 25.2. The van der Waals surface area contributed by atoms with Gasteiger partial charge >= 0.3 is 5.97 Å². The van der Waals surface area contributed by atoms with Crippen molar-refractivity contribution in [1.82, 2.24) is 0 Å². The predicted octanol–water partition coefficient (Wildman–Crippen LogP) is 5.42. The summed E-state index contributed by atoms with van der Waals surface area (Å²) < 4.78 is 18.5. The first-order chi connectivity index (χ1) is 16.0. The van der Waals surface area contributed by atoms with E-state index in [-0.39, 0.29) is 28.3 Å². The molecule has 0 aliphatic heterocycles. The van der Waals surface area contributed by atoms with Crippen molar-refractivity contribution < 1.29 is 28.6 Å². The molecule has 0 saturated heterocycles. The van der Waals surface area contributed by atoms with E-state index in [1.54, 1.807) is 13.8 Å². The van der Waals surface area contributed by atoms with Gasteiger partial charge in [-0.1, -0.05) is 12.1 Å². The first-order valence-corrected chi connectivity index (χ1v) is 10.7. The highest BCUT2D eigenvalue weighted by molar-refractivity contribution is 7.17. The lowest BCUT2D eigenvalue weighted by Gasteiger charge is -2.10. The second kappa shape index (κ2) is 9.75. The van der Waals surface area contributed by atoms with E-state index >= 15 is 0 Å². The molecule has 0 fully saturated rings. The van der Waals surface area contributed by atoms with Gasteiger partial charge in [0.25, 0.3) is 17.3 Å². The third-order valence-corrected chi connectivity index (χ3v) is 5.95. The first kappa shape index (κ1) is 24.5. The Bertz CT molecular complexity index is 1280. The highest BCUT2D eigenvalue weighted by Gasteiger charge is 2.28. The summed E-state index contributed by atoms with van der Waals surface area (Å²) in [4.78, 5) is 47.4. The number of carbonyl (C=O) groups is 2. The molecule has 0 unspecified atom stereocenters. The lowest BCUT2D eigenvalue weighted by Crippen LogP contribution is -2.15. The van der Waals surface area contributed by atoms with Gasteiger partial charge in [0, 0.05) is 22.6 Å². The number of anilines is 1. The van der Waals surface area contributed by atoms with Crippen LogP contribution in [0.2, 0.25) is 0 Å². The van der Waals surface area contributed by atoms with Crippen LogP contribution in [0.25, 0.3) is 11.1 Å². The SMILES string of the molecule is CCOC(=O)c1c(NC(=O)c2cc([N+](=O)[O-])c(C)c([N+](=O)[O-])c2)sc(C)c1-c1ccc(F)cc1. The molecule has 3 rings (SSSR count). The van der Waals surface area contributed by atoms with Crippen LogP contribution in [0, 0.1) is 39.9 Å². The molecule has 0 aliphatic carbocycles. The standard InChI is InChI=1S/C22H18FN3O7S/c1-4-33-22(28)19-18(13-5-7-15(23)8-6-13)12(3)34-21(19)24-20(27)14-9-16(25(29)30)11(2)17(10-14)26(31)32/h5-10H,4H2,1-3H3,(H,24,27). The number of aryl methyl sites for hydroxylation is 1. The Morgan fingerprint density at radius 2 is 1.62 bits per heavy atom. The van der Waals surface area contributed by atoms with E-state index in [2.05, 4.69) is 5.32 Å². The molecule has 1 amide bonds. The van der Waals surface area contributed by atoms with E-state index in [9.17, 15) is 34.2 Å². The monoisotopic (exact) mass is 487 g/mol. The Kier molecular flexibility index (Phi) is 7.01. The molecule has 1 N–H and O–H groups in total. The van der Waals surface area contributed by atoms with Crippen molar-refractivity contribution in [3.05, 3.63) is 84.0 Å². The summed E-state index contributed by atoms with van der Waals surface area (Å²) in [5.41, 5.74) is -0.712.